The van der Waals surface area contributed by atoms with Gasteiger partial charge in [-0.25, -0.2) is 0 Å². The van der Waals surface area contributed by atoms with Gasteiger partial charge in [0.2, 0.25) is 0 Å². The highest BCUT2D eigenvalue weighted by Crippen LogP contribution is 2.45. The van der Waals surface area contributed by atoms with E-state index in [1.165, 1.54) is 56.3 Å². The number of anilines is 2. The quantitative estimate of drug-likeness (QED) is 0.0925. The lowest BCUT2D eigenvalue weighted by molar-refractivity contribution is -0.139. The van der Waals surface area contributed by atoms with Crippen LogP contribution in [0.3, 0.4) is 0 Å². The van der Waals surface area contributed by atoms with Crippen molar-refractivity contribution >= 4 is 23.2 Å². The number of carbonyl (C=O) groups is 2. The highest BCUT2D eigenvalue weighted by molar-refractivity contribution is 6.05. The third-order valence-electron chi connectivity index (χ3n) is 9.36. The summed E-state index contributed by atoms with van der Waals surface area (Å²) in [7, 11) is 0. The van der Waals surface area contributed by atoms with Gasteiger partial charge >= 0.3 is 18.5 Å². The van der Waals surface area contributed by atoms with E-state index >= 15 is 0 Å². The molecule has 0 heterocycles. The average Bonchev–Trinajstić information content (AvgIpc) is 3.10. The maximum Gasteiger partial charge on any atom is 0.417 e. The van der Waals surface area contributed by atoms with Crippen LogP contribution >= 0.6 is 0 Å². The van der Waals surface area contributed by atoms with Crippen LogP contribution in [0.2, 0.25) is 0 Å². The Morgan fingerprint density at radius 1 is 0.526 bits per heavy atom. The van der Waals surface area contributed by atoms with E-state index in [2.05, 4.69) is 10.6 Å². The highest BCUT2D eigenvalue weighted by atomic mass is 19.4. The van der Waals surface area contributed by atoms with Gasteiger partial charge in [0.25, 0.3) is 11.8 Å². The molecule has 0 fully saturated rings. The number of carbonyl (C=O) groups excluding carboxylic acids is 2. The lowest BCUT2D eigenvalue weighted by Gasteiger charge is -2.29. The van der Waals surface area contributed by atoms with Crippen molar-refractivity contribution in [3.8, 4) is 22.3 Å². The Labute approximate surface area is 322 Å². The second-order valence-corrected chi connectivity index (χ2v) is 14.7. The summed E-state index contributed by atoms with van der Waals surface area (Å²) in [5.41, 5.74) is 5.26. The first-order valence-electron chi connectivity index (χ1n) is 17.2. The number of benzene rings is 5. The third kappa shape index (κ3) is 9.42. The van der Waals surface area contributed by atoms with Crippen molar-refractivity contribution < 1.29 is 49.1 Å². The lowest BCUT2D eigenvalue weighted by Crippen LogP contribution is -2.41. The monoisotopic (exact) mass is 800 g/mol. The molecule has 5 aromatic carbocycles. The highest BCUT2D eigenvalue weighted by Gasteiger charge is 2.40. The molecule has 0 aliphatic rings. The zero-order valence-electron chi connectivity index (χ0n) is 31.1. The summed E-state index contributed by atoms with van der Waals surface area (Å²) in [6, 6.07) is 18.5. The lowest BCUT2D eigenvalue weighted by atomic mass is 9.87. The Morgan fingerprint density at radius 2 is 0.965 bits per heavy atom. The van der Waals surface area contributed by atoms with Gasteiger partial charge in [-0.1, -0.05) is 42.5 Å². The fraction of sp³-hybridized carbons (Fsp3) is 0.238. The molecule has 0 spiro atoms. The number of nitrogens with one attached hydrogen (secondary N) is 2. The molecule has 0 radical (unpaired) electrons. The predicted molar refractivity (Wildman–Crippen MR) is 200 cm³/mol. The van der Waals surface area contributed by atoms with E-state index in [1.54, 1.807) is 39.0 Å². The van der Waals surface area contributed by atoms with Crippen LogP contribution < -0.4 is 22.1 Å². The number of alkyl halides is 9. The molecule has 0 aromatic heterocycles. The molecular weight excluding hydrogens is 763 g/mol. The van der Waals surface area contributed by atoms with Crippen LogP contribution in [0.25, 0.3) is 22.3 Å². The summed E-state index contributed by atoms with van der Waals surface area (Å²) in [6.45, 7) is 8.01. The molecule has 2 amide bonds. The first-order chi connectivity index (χ1) is 26.2. The largest absolute Gasteiger partial charge is 0.417 e. The standard InChI is InChI=1S/C42H37F9N4O2/c1-22-18-25(38(2,3)53)10-14-29(22)30-17-13-28(21-35(30)42(49,50)51)54-36(56)23-6-8-24(9-7-23)37(57)55-39(4,5)26-11-15-31(33(19-26)40(43,44)45)32-16-12-27(52)20-34(32)41(46,47)48/h6-21H,52-53H2,1-5H3,(H,54,56)(H,55,57). The maximum atomic E-state index is 14.3. The normalized spacial score (nSPS) is 12.7. The Kier molecular flexibility index (Phi) is 11.1. The van der Waals surface area contributed by atoms with Gasteiger partial charge in [-0.15, -0.1) is 0 Å². The van der Waals surface area contributed by atoms with E-state index in [4.69, 9.17) is 11.5 Å². The number of rotatable bonds is 8. The van der Waals surface area contributed by atoms with E-state index < -0.39 is 69.2 Å². The molecule has 15 heteroatoms. The second-order valence-electron chi connectivity index (χ2n) is 14.7. The fourth-order valence-corrected chi connectivity index (χ4v) is 6.30. The molecule has 0 saturated carbocycles. The Balaban J connectivity index is 1.35. The van der Waals surface area contributed by atoms with E-state index in [0.717, 1.165) is 29.8 Å². The minimum atomic E-state index is -5.09. The van der Waals surface area contributed by atoms with Crippen LogP contribution in [0.15, 0.2) is 97.1 Å². The zero-order chi connectivity index (χ0) is 42.5. The van der Waals surface area contributed by atoms with E-state index in [1.807, 2.05) is 0 Å². The van der Waals surface area contributed by atoms with E-state index in [9.17, 15) is 49.1 Å². The number of hydrogen-bond donors (Lipinski definition) is 4. The van der Waals surface area contributed by atoms with Gasteiger partial charge in [0.05, 0.1) is 22.2 Å². The number of halogens is 9. The average molecular weight is 801 g/mol. The summed E-state index contributed by atoms with van der Waals surface area (Å²) >= 11 is 0. The van der Waals surface area contributed by atoms with Crippen molar-refractivity contribution in [1.82, 2.24) is 5.32 Å². The molecule has 6 nitrogen and oxygen atoms in total. The van der Waals surface area contributed by atoms with Gasteiger partial charge < -0.3 is 22.1 Å². The molecule has 0 aliphatic carbocycles. The van der Waals surface area contributed by atoms with Gasteiger partial charge in [0.15, 0.2) is 0 Å². The number of aryl methyl sites for hydroxylation is 1. The van der Waals surface area contributed by atoms with Crippen LogP contribution in [0.5, 0.6) is 0 Å². The van der Waals surface area contributed by atoms with E-state index in [0.29, 0.717) is 23.3 Å². The summed E-state index contributed by atoms with van der Waals surface area (Å²) in [4.78, 5) is 26.3. The zero-order valence-corrected chi connectivity index (χ0v) is 31.1. The van der Waals surface area contributed by atoms with Gasteiger partial charge in [-0.05, 0) is 128 Å². The molecule has 6 N–H and O–H groups in total. The second kappa shape index (κ2) is 14.9. The van der Waals surface area contributed by atoms with Crippen LogP contribution in [0.1, 0.15) is 81.8 Å². The van der Waals surface area contributed by atoms with E-state index in [-0.39, 0.29) is 33.6 Å². The predicted octanol–water partition coefficient (Wildman–Crippen LogP) is 11.1. The molecule has 0 aliphatic heterocycles. The number of amides is 2. The fourth-order valence-electron chi connectivity index (χ4n) is 6.30. The van der Waals surface area contributed by atoms with Crippen LogP contribution in [-0.2, 0) is 29.6 Å². The first kappa shape index (κ1) is 42.3. The Morgan fingerprint density at radius 3 is 1.49 bits per heavy atom. The van der Waals surface area contributed by atoms with Gasteiger partial charge in [-0.2, -0.15) is 39.5 Å². The third-order valence-corrected chi connectivity index (χ3v) is 9.36. The molecule has 300 valence electrons. The van der Waals surface area contributed by atoms with Crippen molar-refractivity contribution in [2.24, 2.45) is 5.73 Å². The topological polar surface area (TPSA) is 110 Å². The van der Waals surface area contributed by atoms with Crippen LogP contribution in [0, 0.1) is 6.92 Å². The molecule has 0 atom stereocenters. The number of nitrogens with two attached hydrogens (primary N) is 2. The van der Waals surface area contributed by atoms with Crippen LogP contribution in [0.4, 0.5) is 50.9 Å². The number of hydrogen-bond acceptors (Lipinski definition) is 4. The molecule has 0 bridgehead atoms. The molecule has 0 unspecified atom stereocenters. The smallest absolute Gasteiger partial charge is 0.399 e. The summed E-state index contributed by atoms with van der Waals surface area (Å²) in [6.07, 6.45) is -14.9. The van der Waals surface area contributed by atoms with Crippen molar-refractivity contribution in [1.29, 1.82) is 0 Å². The number of nitrogen functional groups attached to an aromatic ring is 1. The van der Waals surface area contributed by atoms with Crippen LogP contribution in [-0.4, -0.2) is 11.8 Å². The van der Waals surface area contributed by atoms with Crippen molar-refractivity contribution in [3.05, 3.63) is 142 Å². The molecule has 5 rings (SSSR count). The van der Waals surface area contributed by atoms with Crippen molar-refractivity contribution in [2.45, 2.75) is 64.2 Å². The van der Waals surface area contributed by atoms with Gasteiger partial charge in [0.1, 0.15) is 0 Å². The summed E-state index contributed by atoms with van der Waals surface area (Å²) in [5, 5.41) is 5.03. The Bertz CT molecular complexity index is 2340. The van der Waals surface area contributed by atoms with Crippen molar-refractivity contribution in [3.63, 3.8) is 0 Å². The Hall–Kier alpha value is -5.83. The van der Waals surface area contributed by atoms with Gasteiger partial charge in [-0.3, -0.25) is 9.59 Å². The molecule has 0 saturated heterocycles. The minimum absolute atomic E-state index is 0.0212. The first-order valence-corrected chi connectivity index (χ1v) is 17.2. The summed E-state index contributed by atoms with van der Waals surface area (Å²) in [5.74, 6) is -1.56. The summed E-state index contributed by atoms with van der Waals surface area (Å²) < 4.78 is 127. The van der Waals surface area contributed by atoms with Crippen molar-refractivity contribution in [2.75, 3.05) is 11.1 Å². The molecule has 5 aromatic rings. The maximum absolute atomic E-state index is 14.3. The van der Waals surface area contributed by atoms with Gasteiger partial charge in [0, 0.05) is 28.0 Å². The molecular formula is C42H37F9N4O2. The minimum Gasteiger partial charge on any atom is -0.399 e. The SMILES string of the molecule is Cc1cc(C(C)(C)N)ccc1-c1ccc(NC(=O)c2ccc(C(=O)NC(C)(C)c3ccc(-c4ccc(N)cc4C(F)(F)F)c(C(F)(F)F)c3)cc2)cc1C(F)(F)F. The molecule has 57 heavy (non-hydrogen) atoms.